The smallest absolute Gasteiger partial charge is 0.133 e. The number of ketones is 1. The molecule has 1 aliphatic carbocycles. The first-order valence-corrected chi connectivity index (χ1v) is 6.31. The maximum Gasteiger partial charge on any atom is 0.133 e. The summed E-state index contributed by atoms with van der Waals surface area (Å²) in [5, 5.41) is 3.21. The van der Waals surface area contributed by atoms with E-state index in [1.165, 1.54) is 0 Å². The molecule has 0 amide bonds. The number of Topliss-reactive ketones (excluding diaryl/α,β-unsaturated/α-hetero) is 1. The van der Waals surface area contributed by atoms with Gasteiger partial charge in [-0.3, -0.25) is 4.79 Å². The first kappa shape index (κ1) is 10.8. The average Bonchev–Trinajstić information content (AvgIpc) is 2.56. The highest BCUT2D eigenvalue weighted by Crippen LogP contribution is 2.45. The molecule has 2 nitrogen and oxygen atoms in total. The lowest BCUT2D eigenvalue weighted by atomic mass is 9.67. The van der Waals surface area contributed by atoms with Crippen LogP contribution in [-0.2, 0) is 4.79 Å². The van der Waals surface area contributed by atoms with Crippen molar-refractivity contribution in [3.05, 3.63) is 16.1 Å². The van der Waals surface area contributed by atoms with Crippen LogP contribution in [0.25, 0.3) is 0 Å². The van der Waals surface area contributed by atoms with Crippen molar-refractivity contribution in [1.29, 1.82) is 0 Å². The number of nitrogens with zero attached hydrogens (tertiary/aromatic N) is 1. The molecule has 0 bridgehead atoms. The second-order valence-corrected chi connectivity index (χ2v) is 6.14. The molecule has 1 unspecified atom stereocenters. The van der Waals surface area contributed by atoms with E-state index < -0.39 is 0 Å². The van der Waals surface area contributed by atoms with Crippen LogP contribution in [0.1, 0.15) is 49.7 Å². The molecule has 1 aromatic rings. The number of hydrogen-bond donors (Lipinski definition) is 0. The van der Waals surface area contributed by atoms with Gasteiger partial charge in [-0.25, -0.2) is 4.98 Å². The summed E-state index contributed by atoms with van der Waals surface area (Å²) in [4.78, 5) is 16.0. The minimum absolute atomic E-state index is 0.217. The van der Waals surface area contributed by atoms with Crippen molar-refractivity contribution in [3.8, 4) is 0 Å². The normalized spacial score (nSPS) is 25.5. The van der Waals surface area contributed by atoms with Crippen molar-refractivity contribution in [2.75, 3.05) is 0 Å². The van der Waals surface area contributed by atoms with Crippen LogP contribution in [0.15, 0.2) is 5.38 Å². The van der Waals surface area contributed by atoms with E-state index in [9.17, 15) is 4.79 Å². The van der Waals surface area contributed by atoms with E-state index in [1.54, 1.807) is 11.3 Å². The van der Waals surface area contributed by atoms with Gasteiger partial charge < -0.3 is 0 Å². The van der Waals surface area contributed by atoms with Gasteiger partial charge in [0.15, 0.2) is 0 Å². The molecule has 0 N–H and O–H groups in total. The summed E-state index contributed by atoms with van der Waals surface area (Å²) >= 11 is 1.68. The van der Waals surface area contributed by atoms with Gasteiger partial charge in [0.1, 0.15) is 5.78 Å². The van der Waals surface area contributed by atoms with Crippen LogP contribution in [-0.4, -0.2) is 10.8 Å². The monoisotopic (exact) mass is 223 g/mol. The summed E-state index contributed by atoms with van der Waals surface area (Å²) in [5.74, 6) is 0.716. The quantitative estimate of drug-likeness (QED) is 0.731. The van der Waals surface area contributed by atoms with Gasteiger partial charge in [-0.2, -0.15) is 0 Å². The Labute approximate surface area is 94.7 Å². The zero-order valence-corrected chi connectivity index (χ0v) is 10.4. The lowest BCUT2D eigenvalue weighted by molar-refractivity contribution is -0.122. The fourth-order valence-corrected chi connectivity index (χ4v) is 2.95. The molecule has 1 atom stereocenters. The van der Waals surface area contributed by atoms with Crippen molar-refractivity contribution >= 4 is 17.1 Å². The molecule has 3 heteroatoms. The molecule has 1 aromatic heterocycles. The lowest BCUT2D eigenvalue weighted by Gasteiger charge is -2.36. The number of aryl methyl sites for hydroxylation is 1. The van der Waals surface area contributed by atoms with Gasteiger partial charge >= 0.3 is 0 Å². The Kier molecular flexibility index (Phi) is 2.67. The highest BCUT2D eigenvalue weighted by atomic mass is 32.1. The van der Waals surface area contributed by atoms with Gasteiger partial charge in [0.05, 0.1) is 10.7 Å². The van der Waals surface area contributed by atoms with Crippen LogP contribution in [0.4, 0.5) is 0 Å². The minimum atomic E-state index is 0.217. The largest absolute Gasteiger partial charge is 0.300 e. The maximum atomic E-state index is 11.5. The highest BCUT2D eigenvalue weighted by Gasteiger charge is 2.37. The van der Waals surface area contributed by atoms with E-state index in [2.05, 4.69) is 24.2 Å². The third kappa shape index (κ3) is 2.12. The summed E-state index contributed by atoms with van der Waals surface area (Å²) < 4.78 is 0. The fourth-order valence-electron chi connectivity index (χ4n) is 2.29. The molecule has 0 aromatic carbocycles. The number of carbonyl (C=O) groups excluding carboxylic acids is 1. The molecular weight excluding hydrogens is 206 g/mol. The number of aromatic nitrogens is 1. The zero-order valence-electron chi connectivity index (χ0n) is 9.54. The highest BCUT2D eigenvalue weighted by molar-refractivity contribution is 7.09. The zero-order chi connectivity index (χ0) is 11.1. The Morgan fingerprint density at radius 3 is 2.87 bits per heavy atom. The molecule has 15 heavy (non-hydrogen) atoms. The first-order chi connectivity index (χ1) is 6.99. The second kappa shape index (κ2) is 3.71. The van der Waals surface area contributed by atoms with E-state index in [1.807, 2.05) is 6.92 Å². The second-order valence-electron chi connectivity index (χ2n) is 5.08. The molecule has 0 spiro atoms. The average molecular weight is 223 g/mol. The first-order valence-electron chi connectivity index (χ1n) is 5.43. The standard InChI is InChI=1S/C12H17NOS/c1-8-13-11(7-15-8)10-6-9(14)4-5-12(10,2)3/h7,10H,4-6H2,1-3H3. The van der Waals surface area contributed by atoms with Crippen LogP contribution in [0.3, 0.4) is 0 Å². The van der Waals surface area contributed by atoms with Crippen LogP contribution in [0.5, 0.6) is 0 Å². The minimum Gasteiger partial charge on any atom is -0.300 e. The Morgan fingerprint density at radius 1 is 1.53 bits per heavy atom. The predicted octanol–water partition coefficient (Wildman–Crippen LogP) is 3.31. The van der Waals surface area contributed by atoms with Crippen molar-refractivity contribution < 1.29 is 4.79 Å². The van der Waals surface area contributed by atoms with Gasteiger partial charge in [-0.05, 0) is 18.8 Å². The molecule has 0 radical (unpaired) electrons. The van der Waals surface area contributed by atoms with E-state index >= 15 is 0 Å². The molecule has 2 rings (SSSR count). The van der Waals surface area contributed by atoms with E-state index in [4.69, 9.17) is 0 Å². The van der Waals surface area contributed by atoms with Gasteiger partial charge in [0, 0.05) is 24.1 Å². The van der Waals surface area contributed by atoms with Gasteiger partial charge in [0.25, 0.3) is 0 Å². The molecule has 82 valence electrons. The third-order valence-corrected chi connectivity index (χ3v) is 4.21. The van der Waals surface area contributed by atoms with E-state index in [-0.39, 0.29) is 5.41 Å². The number of carbonyl (C=O) groups is 1. The fraction of sp³-hybridized carbons (Fsp3) is 0.667. The molecule has 1 saturated carbocycles. The SMILES string of the molecule is Cc1nc(C2CC(=O)CCC2(C)C)cs1. The molecule has 1 aliphatic rings. The van der Waals surface area contributed by atoms with E-state index in [0.717, 1.165) is 23.5 Å². The predicted molar refractivity (Wildman–Crippen MR) is 62.2 cm³/mol. The number of rotatable bonds is 1. The Bertz CT molecular complexity index is 381. The molecule has 0 aliphatic heterocycles. The van der Waals surface area contributed by atoms with Crippen molar-refractivity contribution in [2.24, 2.45) is 5.41 Å². The van der Waals surface area contributed by atoms with Crippen molar-refractivity contribution in [1.82, 2.24) is 4.98 Å². The Balaban J connectivity index is 2.29. The molecular formula is C12H17NOS. The van der Waals surface area contributed by atoms with Crippen LogP contribution in [0, 0.1) is 12.3 Å². The van der Waals surface area contributed by atoms with Gasteiger partial charge in [-0.15, -0.1) is 11.3 Å². The molecule has 1 fully saturated rings. The van der Waals surface area contributed by atoms with Crippen LogP contribution >= 0.6 is 11.3 Å². The van der Waals surface area contributed by atoms with Gasteiger partial charge in [0.2, 0.25) is 0 Å². The summed E-state index contributed by atoms with van der Waals surface area (Å²) in [5.41, 5.74) is 1.34. The van der Waals surface area contributed by atoms with Crippen LogP contribution in [0.2, 0.25) is 0 Å². The molecule has 0 saturated heterocycles. The third-order valence-electron chi connectivity index (χ3n) is 3.42. The van der Waals surface area contributed by atoms with Crippen molar-refractivity contribution in [2.45, 2.75) is 46.0 Å². The summed E-state index contributed by atoms with van der Waals surface area (Å²) in [6.45, 7) is 6.52. The Hall–Kier alpha value is -0.700. The summed E-state index contributed by atoms with van der Waals surface area (Å²) in [6, 6.07) is 0. The summed E-state index contributed by atoms with van der Waals surface area (Å²) in [7, 11) is 0. The lowest BCUT2D eigenvalue weighted by Crippen LogP contribution is -2.30. The number of hydrogen-bond acceptors (Lipinski definition) is 3. The Morgan fingerprint density at radius 2 is 2.27 bits per heavy atom. The molecule has 1 heterocycles. The van der Waals surface area contributed by atoms with E-state index in [0.29, 0.717) is 18.1 Å². The van der Waals surface area contributed by atoms with Crippen molar-refractivity contribution in [3.63, 3.8) is 0 Å². The maximum absolute atomic E-state index is 11.5. The number of thiazole rings is 1. The summed E-state index contributed by atoms with van der Waals surface area (Å²) in [6.07, 6.45) is 2.41. The topological polar surface area (TPSA) is 30.0 Å². The van der Waals surface area contributed by atoms with Crippen LogP contribution < -0.4 is 0 Å². The van der Waals surface area contributed by atoms with Gasteiger partial charge in [-0.1, -0.05) is 13.8 Å².